The number of nitriles is 1. The van der Waals surface area contributed by atoms with Crippen molar-refractivity contribution in [1.82, 2.24) is 4.31 Å². The lowest BCUT2D eigenvalue weighted by Gasteiger charge is -2.37. The topological polar surface area (TPSA) is 81.4 Å². The van der Waals surface area contributed by atoms with Gasteiger partial charge in [-0.05, 0) is 62.6 Å². The average molecular weight is 457 g/mol. The molecule has 1 N–H and O–H groups in total. The molecular weight excluding hydrogens is 427 g/mol. The van der Waals surface area contributed by atoms with E-state index in [1.165, 1.54) is 10.4 Å². The maximum Gasteiger partial charge on any atom is 0.221 e. The van der Waals surface area contributed by atoms with Gasteiger partial charge < -0.3 is 5.11 Å². The van der Waals surface area contributed by atoms with Gasteiger partial charge in [-0.3, -0.25) is 0 Å². The van der Waals surface area contributed by atoms with Gasteiger partial charge in [0.1, 0.15) is 11.1 Å². The molecule has 5 nitrogen and oxygen atoms in total. The van der Waals surface area contributed by atoms with Crippen molar-refractivity contribution in [2.75, 3.05) is 0 Å². The third-order valence-corrected chi connectivity index (χ3v) is 9.52. The zero-order valence-corrected chi connectivity index (χ0v) is 19.1. The highest BCUT2D eigenvalue weighted by Crippen LogP contribution is 2.41. The Morgan fingerprint density at radius 1 is 1.12 bits per heavy atom. The SMILES string of the molecule is C[C@H]1CC[C@H](c2ccccc2)S(=O)(=O)N1Cc1ccc(C2(C#N)CCC(O)CC2)cc1F. The van der Waals surface area contributed by atoms with Gasteiger partial charge >= 0.3 is 0 Å². The molecule has 1 saturated carbocycles. The molecular formula is C25H29FN2O3S. The van der Waals surface area contributed by atoms with Crippen molar-refractivity contribution >= 4 is 10.0 Å². The van der Waals surface area contributed by atoms with Gasteiger partial charge in [-0.25, -0.2) is 12.8 Å². The maximum atomic E-state index is 15.2. The molecule has 0 aromatic heterocycles. The Kier molecular flexibility index (Phi) is 6.39. The molecule has 32 heavy (non-hydrogen) atoms. The van der Waals surface area contributed by atoms with E-state index in [4.69, 9.17) is 0 Å². The van der Waals surface area contributed by atoms with Crippen LogP contribution in [0.25, 0.3) is 0 Å². The zero-order valence-electron chi connectivity index (χ0n) is 18.2. The number of benzene rings is 2. The van der Waals surface area contributed by atoms with Crippen molar-refractivity contribution in [1.29, 1.82) is 5.26 Å². The minimum absolute atomic E-state index is 0.0305. The van der Waals surface area contributed by atoms with E-state index >= 15 is 4.39 Å². The van der Waals surface area contributed by atoms with Crippen LogP contribution in [0.5, 0.6) is 0 Å². The molecule has 2 atom stereocenters. The minimum Gasteiger partial charge on any atom is -0.393 e. The molecule has 0 spiro atoms. The van der Waals surface area contributed by atoms with Gasteiger partial charge in [0, 0.05) is 18.2 Å². The maximum absolute atomic E-state index is 15.2. The normalized spacial score (nSPS) is 30.5. The third-order valence-electron chi connectivity index (χ3n) is 7.15. The number of hydrogen-bond donors (Lipinski definition) is 1. The van der Waals surface area contributed by atoms with Gasteiger partial charge in [0.25, 0.3) is 0 Å². The summed E-state index contributed by atoms with van der Waals surface area (Å²) < 4.78 is 43.4. The van der Waals surface area contributed by atoms with E-state index < -0.39 is 32.6 Å². The van der Waals surface area contributed by atoms with E-state index in [1.54, 1.807) is 12.1 Å². The predicted octanol–water partition coefficient (Wildman–Crippen LogP) is 4.58. The Morgan fingerprint density at radius 2 is 1.81 bits per heavy atom. The fourth-order valence-electron chi connectivity index (χ4n) is 5.05. The second-order valence-electron chi connectivity index (χ2n) is 9.15. The lowest BCUT2D eigenvalue weighted by Crippen LogP contribution is -2.44. The quantitative estimate of drug-likeness (QED) is 0.730. The van der Waals surface area contributed by atoms with Crippen LogP contribution in [0.2, 0.25) is 0 Å². The number of nitrogens with zero attached hydrogens (tertiary/aromatic N) is 2. The van der Waals surface area contributed by atoms with Crippen LogP contribution in [0.15, 0.2) is 48.5 Å². The van der Waals surface area contributed by atoms with Gasteiger partial charge in [0.2, 0.25) is 10.0 Å². The molecule has 1 saturated heterocycles. The summed E-state index contributed by atoms with van der Waals surface area (Å²) in [6.07, 6.45) is 2.84. The fourth-order valence-corrected chi connectivity index (χ4v) is 7.24. The summed E-state index contributed by atoms with van der Waals surface area (Å²) in [5, 5.41) is 19.0. The number of sulfonamides is 1. The fraction of sp³-hybridized carbons (Fsp3) is 0.480. The second-order valence-corrected chi connectivity index (χ2v) is 11.2. The molecule has 2 aliphatic rings. The molecule has 4 rings (SSSR count). The molecule has 0 amide bonds. The van der Waals surface area contributed by atoms with Crippen LogP contribution >= 0.6 is 0 Å². The Balaban J connectivity index is 1.60. The largest absolute Gasteiger partial charge is 0.393 e. The molecule has 1 aliphatic carbocycles. The molecule has 170 valence electrons. The number of rotatable bonds is 4. The van der Waals surface area contributed by atoms with Crippen molar-refractivity contribution in [3.05, 3.63) is 71.0 Å². The van der Waals surface area contributed by atoms with E-state index in [2.05, 4.69) is 6.07 Å². The Morgan fingerprint density at radius 3 is 2.44 bits per heavy atom. The Hall–Kier alpha value is -2.27. The van der Waals surface area contributed by atoms with E-state index in [-0.39, 0.29) is 12.6 Å². The molecule has 0 radical (unpaired) electrons. The summed E-state index contributed by atoms with van der Waals surface area (Å²) in [5.74, 6) is -0.493. The second kappa shape index (κ2) is 8.93. The standard InChI is InChI=1S/C25H29FN2O3S/c1-18-7-10-24(19-5-3-2-4-6-19)32(30,31)28(18)16-20-8-9-21(15-23(20)26)25(17-27)13-11-22(29)12-14-25/h2-6,8-9,15,18,22,24,29H,7,10-14,16H2,1H3/t18-,22?,24+,25?/m0/s1. The van der Waals surface area contributed by atoms with E-state index in [9.17, 15) is 18.8 Å². The minimum atomic E-state index is -3.65. The van der Waals surface area contributed by atoms with Crippen LogP contribution < -0.4 is 0 Å². The van der Waals surface area contributed by atoms with Crippen molar-refractivity contribution in [3.63, 3.8) is 0 Å². The highest BCUT2D eigenvalue weighted by molar-refractivity contribution is 7.89. The summed E-state index contributed by atoms with van der Waals surface area (Å²) >= 11 is 0. The highest BCUT2D eigenvalue weighted by Gasteiger charge is 2.41. The van der Waals surface area contributed by atoms with Gasteiger partial charge in [-0.1, -0.05) is 42.5 Å². The van der Waals surface area contributed by atoms with Gasteiger partial charge in [-0.2, -0.15) is 9.57 Å². The monoisotopic (exact) mass is 456 g/mol. The first-order valence-corrected chi connectivity index (χ1v) is 12.7. The zero-order chi connectivity index (χ0) is 22.9. The summed E-state index contributed by atoms with van der Waals surface area (Å²) in [7, 11) is -3.65. The first-order chi connectivity index (χ1) is 15.3. The van der Waals surface area contributed by atoms with Crippen LogP contribution in [0.3, 0.4) is 0 Å². The highest BCUT2D eigenvalue weighted by atomic mass is 32.2. The van der Waals surface area contributed by atoms with Crippen LogP contribution in [0.1, 0.15) is 67.4 Å². The number of hydrogen-bond acceptors (Lipinski definition) is 4. The Labute approximate surface area is 189 Å². The molecule has 1 aliphatic heterocycles. The van der Waals surface area contributed by atoms with Crippen LogP contribution in [-0.4, -0.2) is 30.0 Å². The predicted molar refractivity (Wildman–Crippen MR) is 121 cm³/mol. The Bertz CT molecular complexity index is 1110. The van der Waals surface area contributed by atoms with Gasteiger partial charge in [0.05, 0.1) is 17.6 Å². The third kappa shape index (κ3) is 4.19. The average Bonchev–Trinajstić information content (AvgIpc) is 2.79. The molecule has 2 fully saturated rings. The summed E-state index contributed by atoms with van der Waals surface area (Å²) in [4.78, 5) is 0. The summed E-state index contributed by atoms with van der Waals surface area (Å²) in [5.41, 5.74) is 0.865. The van der Waals surface area contributed by atoms with E-state index in [0.29, 0.717) is 49.7 Å². The van der Waals surface area contributed by atoms with Crippen molar-refractivity contribution in [3.8, 4) is 6.07 Å². The number of aliphatic hydroxyl groups excluding tert-OH is 1. The van der Waals surface area contributed by atoms with Crippen LogP contribution in [-0.2, 0) is 22.0 Å². The van der Waals surface area contributed by atoms with Crippen LogP contribution in [0, 0.1) is 17.1 Å². The van der Waals surface area contributed by atoms with Crippen molar-refractivity contribution < 1.29 is 17.9 Å². The van der Waals surface area contributed by atoms with Gasteiger partial charge in [-0.15, -0.1) is 0 Å². The van der Waals surface area contributed by atoms with Crippen molar-refractivity contribution in [2.45, 2.75) is 74.8 Å². The van der Waals surface area contributed by atoms with E-state index in [1.807, 2.05) is 37.3 Å². The molecule has 7 heteroatoms. The lowest BCUT2D eigenvalue weighted by molar-refractivity contribution is 0.109. The molecule has 1 heterocycles. The first-order valence-electron chi connectivity index (χ1n) is 11.2. The summed E-state index contributed by atoms with van der Waals surface area (Å²) in [6, 6.07) is 16.0. The molecule has 2 aromatic rings. The summed E-state index contributed by atoms with van der Waals surface area (Å²) in [6.45, 7) is 1.83. The smallest absolute Gasteiger partial charge is 0.221 e. The number of aliphatic hydroxyl groups is 1. The van der Waals surface area contributed by atoms with E-state index in [0.717, 1.165) is 5.56 Å². The van der Waals surface area contributed by atoms with Gasteiger partial charge in [0.15, 0.2) is 0 Å². The molecule has 2 aromatic carbocycles. The lowest BCUT2D eigenvalue weighted by atomic mass is 9.69. The molecule has 0 bridgehead atoms. The van der Waals surface area contributed by atoms with Crippen LogP contribution in [0.4, 0.5) is 4.39 Å². The number of halogens is 1. The first kappa shape index (κ1) is 22.9. The molecule has 0 unspecified atom stereocenters. The van der Waals surface area contributed by atoms with Crippen molar-refractivity contribution in [2.24, 2.45) is 0 Å².